The summed E-state index contributed by atoms with van der Waals surface area (Å²) in [6.07, 6.45) is 4.53. The normalized spacial score (nSPS) is 16.7. The highest BCUT2D eigenvalue weighted by Crippen LogP contribution is 2.22. The number of benzene rings is 1. The van der Waals surface area contributed by atoms with Crippen LogP contribution in [0.3, 0.4) is 0 Å². The van der Waals surface area contributed by atoms with E-state index >= 15 is 0 Å². The molecule has 3 amide bonds. The monoisotopic (exact) mass is 375 g/mol. The molecule has 1 aliphatic rings. The molecule has 0 heterocycles. The van der Waals surface area contributed by atoms with Gasteiger partial charge in [-0.15, -0.1) is 0 Å². The fraction of sp³-hybridized carbons (Fsp3) is 0.550. The maximum absolute atomic E-state index is 12.5. The number of rotatable bonds is 6. The Bertz CT molecular complexity index is 644. The van der Waals surface area contributed by atoms with Crippen molar-refractivity contribution in [3.05, 3.63) is 30.3 Å². The smallest absolute Gasteiger partial charge is 0.329 e. The number of ether oxygens (including phenoxy) is 1. The SMILES string of the molecule is C[C@H](NC(=O)Nc1ccccc1)C(=O)O[C@@H](C)C(=O)N(C)C1CCCCC1. The molecule has 7 heteroatoms. The Hall–Kier alpha value is -2.57. The van der Waals surface area contributed by atoms with Crippen LogP contribution in [0.15, 0.2) is 30.3 Å². The number of hydrogen-bond acceptors (Lipinski definition) is 4. The molecule has 2 atom stereocenters. The zero-order chi connectivity index (χ0) is 19.8. The highest BCUT2D eigenvalue weighted by atomic mass is 16.5. The first-order valence-electron chi connectivity index (χ1n) is 9.48. The minimum absolute atomic E-state index is 0.208. The topological polar surface area (TPSA) is 87.7 Å². The Morgan fingerprint density at radius 3 is 2.33 bits per heavy atom. The van der Waals surface area contributed by atoms with E-state index in [2.05, 4.69) is 10.6 Å². The van der Waals surface area contributed by atoms with E-state index in [4.69, 9.17) is 4.74 Å². The number of carbonyl (C=O) groups excluding carboxylic acids is 3. The molecule has 148 valence electrons. The van der Waals surface area contributed by atoms with Crippen molar-refractivity contribution >= 4 is 23.6 Å². The van der Waals surface area contributed by atoms with Crippen molar-refractivity contribution in [2.45, 2.75) is 64.1 Å². The molecule has 27 heavy (non-hydrogen) atoms. The fourth-order valence-electron chi connectivity index (χ4n) is 3.21. The van der Waals surface area contributed by atoms with E-state index < -0.39 is 24.1 Å². The van der Waals surface area contributed by atoms with Crippen molar-refractivity contribution in [2.75, 3.05) is 12.4 Å². The van der Waals surface area contributed by atoms with Crippen LogP contribution in [0.5, 0.6) is 0 Å². The average molecular weight is 375 g/mol. The maximum Gasteiger partial charge on any atom is 0.329 e. The molecule has 2 N–H and O–H groups in total. The first-order chi connectivity index (χ1) is 12.9. The second kappa shape index (κ2) is 9.94. The van der Waals surface area contributed by atoms with E-state index in [1.165, 1.54) is 13.3 Å². The molecule has 0 unspecified atom stereocenters. The first-order valence-corrected chi connectivity index (χ1v) is 9.48. The molecule has 0 radical (unpaired) electrons. The lowest BCUT2D eigenvalue weighted by Crippen LogP contribution is -2.47. The van der Waals surface area contributed by atoms with Gasteiger partial charge in [-0.1, -0.05) is 37.5 Å². The number of carbonyl (C=O) groups is 3. The summed E-state index contributed by atoms with van der Waals surface area (Å²) >= 11 is 0. The Labute approximate surface area is 160 Å². The van der Waals surface area contributed by atoms with E-state index in [9.17, 15) is 14.4 Å². The molecule has 1 saturated carbocycles. The van der Waals surface area contributed by atoms with Crippen LogP contribution < -0.4 is 10.6 Å². The molecule has 7 nitrogen and oxygen atoms in total. The number of anilines is 1. The van der Waals surface area contributed by atoms with Crippen molar-refractivity contribution in [3.8, 4) is 0 Å². The van der Waals surface area contributed by atoms with Gasteiger partial charge in [0.05, 0.1) is 0 Å². The Morgan fingerprint density at radius 2 is 1.70 bits per heavy atom. The molecule has 2 rings (SSSR count). The molecule has 1 fully saturated rings. The van der Waals surface area contributed by atoms with Crippen molar-refractivity contribution in [1.82, 2.24) is 10.2 Å². The fourth-order valence-corrected chi connectivity index (χ4v) is 3.21. The van der Waals surface area contributed by atoms with Crippen molar-refractivity contribution < 1.29 is 19.1 Å². The van der Waals surface area contributed by atoms with Gasteiger partial charge in [-0.3, -0.25) is 4.79 Å². The summed E-state index contributed by atoms with van der Waals surface area (Å²) in [6, 6.07) is 7.74. The van der Waals surface area contributed by atoms with Crippen LogP contribution in [0.1, 0.15) is 46.0 Å². The summed E-state index contributed by atoms with van der Waals surface area (Å²) in [5.74, 6) is -0.854. The van der Waals surface area contributed by atoms with Crippen molar-refractivity contribution in [2.24, 2.45) is 0 Å². The highest BCUT2D eigenvalue weighted by molar-refractivity contribution is 5.93. The number of likely N-dealkylation sites (N-methyl/N-ethyl adjacent to an activating group) is 1. The van der Waals surface area contributed by atoms with Crippen LogP contribution in [0, 0.1) is 0 Å². The predicted octanol–water partition coefficient (Wildman–Crippen LogP) is 2.92. The molecule has 1 aromatic rings. The van der Waals surface area contributed by atoms with E-state index in [-0.39, 0.29) is 11.9 Å². The van der Waals surface area contributed by atoms with Gasteiger partial charge in [-0.25, -0.2) is 9.59 Å². The van der Waals surface area contributed by atoms with Crippen LogP contribution >= 0.6 is 0 Å². The minimum atomic E-state index is -0.883. The zero-order valence-corrected chi connectivity index (χ0v) is 16.2. The zero-order valence-electron chi connectivity index (χ0n) is 16.2. The summed E-state index contributed by atoms with van der Waals surface area (Å²) in [6.45, 7) is 3.09. The third-order valence-corrected chi connectivity index (χ3v) is 4.84. The molecular weight excluding hydrogens is 346 g/mol. The lowest BCUT2D eigenvalue weighted by molar-refractivity contribution is -0.160. The van der Waals surface area contributed by atoms with Gasteiger partial charge in [0.2, 0.25) is 0 Å². The predicted molar refractivity (Wildman–Crippen MR) is 103 cm³/mol. The lowest BCUT2D eigenvalue weighted by Gasteiger charge is -2.32. The number of nitrogens with one attached hydrogen (secondary N) is 2. The van der Waals surface area contributed by atoms with Gasteiger partial charge in [0.1, 0.15) is 6.04 Å². The lowest BCUT2D eigenvalue weighted by atomic mass is 9.94. The third-order valence-electron chi connectivity index (χ3n) is 4.84. The van der Waals surface area contributed by atoms with Crippen molar-refractivity contribution in [3.63, 3.8) is 0 Å². The van der Waals surface area contributed by atoms with E-state index in [0.717, 1.165) is 25.7 Å². The largest absolute Gasteiger partial charge is 0.451 e. The van der Waals surface area contributed by atoms with Crippen LogP contribution in [0.4, 0.5) is 10.5 Å². The summed E-state index contributed by atoms with van der Waals surface area (Å²) in [7, 11) is 1.76. The second-order valence-electron chi connectivity index (χ2n) is 7.01. The van der Waals surface area contributed by atoms with Crippen LogP contribution in [-0.2, 0) is 14.3 Å². The van der Waals surface area contributed by atoms with Crippen LogP contribution in [0.2, 0.25) is 0 Å². The third kappa shape index (κ3) is 6.27. The van der Waals surface area contributed by atoms with Crippen LogP contribution in [0.25, 0.3) is 0 Å². The van der Waals surface area contributed by atoms with Gasteiger partial charge in [0, 0.05) is 18.8 Å². The summed E-state index contributed by atoms with van der Waals surface area (Å²) in [5.41, 5.74) is 0.619. The van der Waals surface area contributed by atoms with Gasteiger partial charge < -0.3 is 20.3 Å². The molecule has 1 aromatic carbocycles. The van der Waals surface area contributed by atoms with E-state index in [1.54, 1.807) is 43.1 Å². The molecular formula is C20H29N3O4. The molecule has 0 aromatic heterocycles. The van der Waals surface area contributed by atoms with Gasteiger partial charge in [0.25, 0.3) is 5.91 Å². The second-order valence-corrected chi connectivity index (χ2v) is 7.01. The number of nitrogens with zero attached hydrogens (tertiary/aromatic N) is 1. The molecule has 0 spiro atoms. The Morgan fingerprint density at radius 1 is 1.07 bits per heavy atom. The first kappa shape index (κ1) is 20.7. The van der Waals surface area contributed by atoms with Gasteiger partial charge >= 0.3 is 12.0 Å². The van der Waals surface area contributed by atoms with Crippen molar-refractivity contribution in [1.29, 1.82) is 0 Å². The van der Waals surface area contributed by atoms with Crippen LogP contribution in [-0.4, -0.2) is 48.0 Å². The van der Waals surface area contributed by atoms with E-state index in [1.807, 2.05) is 6.07 Å². The minimum Gasteiger partial charge on any atom is -0.451 e. The number of hydrogen-bond donors (Lipinski definition) is 2. The van der Waals surface area contributed by atoms with Gasteiger partial charge in [0.15, 0.2) is 6.10 Å². The number of esters is 1. The average Bonchev–Trinajstić information content (AvgIpc) is 2.68. The summed E-state index contributed by atoms with van der Waals surface area (Å²) in [4.78, 5) is 38.4. The van der Waals surface area contributed by atoms with Gasteiger partial charge in [-0.2, -0.15) is 0 Å². The highest BCUT2D eigenvalue weighted by Gasteiger charge is 2.29. The number of amides is 3. The Balaban J connectivity index is 1.80. The molecule has 1 aliphatic carbocycles. The van der Waals surface area contributed by atoms with E-state index in [0.29, 0.717) is 5.69 Å². The maximum atomic E-state index is 12.5. The number of para-hydroxylation sites is 1. The van der Waals surface area contributed by atoms with Gasteiger partial charge in [-0.05, 0) is 38.8 Å². The molecule has 0 bridgehead atoms. The molecule has 0 aliphatic heterocycles. The summed E-state index contributed by atoms with van der Waals surface area (Å²) < 4.78 is 5.26. The standard InChI is InChI=1S/C20H29N3O4/c1-14(21-20(26)22-16-10-6-4-7-11-16)19(25)27-15(2)18(24)23(3)17-12-8-5-9-13-17/h4,6-7,10-11,14-15,17H,5,8-9,12-13H2,1-3H3,(H2,21,22,26)/t14-,15-/m0/s1. The number of urea groups is 1. The molecule has 0 saturated heterocycles. The summed E-state index contributed by atoms with van der Waals surface area (Å²) in [5, 5.41) is 5.15. The Kier molecular flexibility index (Phi) is 7.64. The quantitative estimate of drug-likeness (QED) is 0.749.